The molecule has 1 saturated heterocycles. The number of aliphatic hydroxyl groups excluding tert-OH is 1. The zero-order valence-corrected chi connectivity index (χ0v) is 8.29. The Labute approximate surface area is 75.6 Å². The van der Waals surface area contributed by atoms with Crippen LogP contribution in [0.15, 0.2) is 0 Å². The Morgan fingerprint density at radius 2 is 2.17 bits per heavy atom. The monoisotopic (exact) mass is 171 g/mol. The van der Waals surface area contributed by atoms with E-state index in [-0.39, 0.29) is 0 Å². The van der Waals surface area contributed by atoms with Gasteiger partial charge in [-0.15, -0.1) is 0 Å². The molecule has 12 heavy (non-hydrogen) atoms. The Bertz CT molecular complexity index is 121. The molecule has 0 aromatic heterocycles. The molecule has 1 atom stereocenters. The fourth-order valence-electron chi connectivity index (χ4n) is 2.17. The van der Waals surface area contributed by atoms with Crippen molar-refractivity contribution in [2.75, 3.05) is 26.7 Å². The summed E-state index contributed by atoms with van der Waals surface area (Å²) in [6, 6.07) is 0. The summed E-state index contributed by atoms with van der Waals surface area (Å²) >= 11 is 0. The molecule has 0 bridgehead atoms. The van der Waals surface area contributed by atoms with E-state index in [4.69, 9.17) is 5.11 Å². The van der Waals surface area contributed by atoms with Crippen LogP contribution in [-0.4, -0.2) is 36.8 Å². The van der Waals surface area contributed by atoms with Crippen molar-refractivity contribution in [3.05, 3.63) is 0 Å². The van der Waals surface area contributed by atoms with E-state index < -0.39 is 0 Å². The maximum absolute atomic E-state index is 8.72. The van der Waals surface area contributed by atoms with E-state index in [0.29, 0.717) is 6.61 Å². The van der Waals surface area contributed by atoms with Crippen LogP contribution >= 0.6 is 0 Å². The second-order valence-corrected chi connectivity index (χ2v) is 4.02. The van der Waals surface area contributed by atoms with E-state index in [1.54, 1.807) is 0 Å². The molecule has 1 rings (SSSR count). The predicted molar refractivity (Wildman–Crippen MR) is 51.1 cm³/mol. The lowest BCUT2D eigenvalue weighted by molar-refractivity contribution is 0.0733. The molecule has 2 heteroatoms. The van der Waals surface area contributed by atoms with Gasteiger partial charge in [0.15, 0.2) is 0 Å². The summed E-state index contributed by atoms with van der Waals surface area (Å²) in [7, 11) is 2.18. The molecule has 0 aromatic rings. The molecule has 0 aliphatic carbocycles. The molecular formula is C10H21NO. The standard InChI is InChI=1S/C10H21NO/c1-3-9(5-4-6-12)10-7-11(2)8-10/h9-10,12H,3-8H2,1-2H3. The van der Waals surface area contributed by atoms with Gasteiger partial charge in [-0.25, -0.2) is 0 Å². The summed E-state index contributed by atoms with van der Waals surface area (Å²) in [4.78, 5) is 2.37. The fraction of sp³-hybridized carbons (Fsp3) is 1.00. The largest absolute Gasteiger partial charge is 0.396 e. The van der Waals surface area contributed by atoms with Crippen LogP contribution in [0.4, 0.5) is 0 Å². The van der Waals surface area contributed by atoms with Crippen LogP contribution in [0.25, 0.3) is 0 Å². The summed E-state index contributed by atoms with van der Waals surface area (Å²) in [5, 5.41) is 8.72. The summed E-state index contributed by atoms with van der Waals surface area (Å²) < 4.78 is 0. The second-order valence-electron chi connectivity index (χ2n) is 4.02. The molecule has 1 heterocycles. The van der Waals surface area contributed by atoms with Crippen LogP contribution in [0.3, 0.4) is 0 Å². The van der Waals surface area contributed by atoms with Crippen LogP contribution in [0.1, 0.15) is 26.2 Å². The number of hydrogen-bond acceptors (Lipinski definition) is 2. The number of likely N-dealkylation sites (tertiary alicyclic amines) is 1. The fourth-order valence-corrected chi connectivity index (χ4v) is 2.17. The molecule has 0 aromatic carbocycles. The SMILES string of the molecule is CCC(CCCO)C1CN(C)C1. The third-order valence-corrected chi connectivity index (χ3v) is 3.02. The van der Waals surface area contributed by atoms with Gasteiger partial charge in [-0.1, -0.05) is 13.3 Å². The van der Waals surface area contributed by atoms with E-state index in [2.05, 4.69) is 18.9 Å². The maximum atomic E-state index is 8.72. The van der Waals surface area contributed by atoms with Crippen molar-refractivity contribution in [3.63, 3.8) is 0 Å². The molecule has 0 saturated carbocycles. The van der Waals surface area contributed by atoms with Gasteiger partial charge in [0.2, 0.25) is 0 Å². The predicted octanol–water partition coefficient (Wildman–Crippen LogP) is 1.35. The van der Waals surface area contributed by atoms with Crippen LogP contribution in [0.5, 0.6) is 0 Å². The molecule has 0 radical (unpaired) electrons. The van der Waals surface area contributed by atoms with E-state index >= 15 is 0 Å². The highest BCUT2D eigenvalue weighted by Gasteiger charge is 2.29. The van der Waals surface area contributed by atoms with Crippen molar-refractivity contribution in [2.45, 2.75) is 26.2 Å². The van der Waals surface area contributed by atoms with E-state index in [1.807, 2.05) is 0 Å². The first-order valence-electron chi connectivity index (χ1n) is 5.07. The highest BCUT2D eigenvalue weighted by atomic mass is 16.2. The minimum Gasteiger partial charge on any atom is -0.396 e. The molecule has 1 aliphatic heterocycles. The number of aliphatic hydroxyl groups is 1. The van der Waals surface area contributed by atoms with Crippen molar-refractivity contribution in [3.8, 4) is 0 Å². The average molecular weight is 171 g/mol. The average Bonchev–Trinajstić information content (AvgIpc) is 2.02. The summed E-state index contributed by atoms with van der Waals surface area (Å²) in [6.07, 6.45) is 3.47. The van der Waals surface area contributed by atoms with Gasteiger partial charge in [-0.05, 0) is 31.7 Å². The second kappa shape index (κ2) is 4.83. The Morgan fingerprint density at radius 3 is 2.58 bits per heavy atom. The topological polar surface area (TPSA) is 23.5 Å². The Morgan fingerprint density at radius 1 is 1.50 bits per heavy atom. The van der Waals surface area contributed by atoms with Gasteiger partial charge in [0.25, 0.3) is 0 Å². The van der Waals surface area contributed by atoms with Crippen molar-refractivity contribution in [1.82, 2.24) is 4.90 Å². The van der Waals surface area contributed by atoms with Crippen molar-refractivity contribution < 1.29 is 5.11 Å². The first-order chi connectivity index (χ1) is 5.77. The normalized spacial score (nSPS) is 22.2. The summed E-state index contributed by atoms with van der Waals surface area (Å²) in [5.41, 5.74) is 0. The number of hydrogen-bond donors (Lipinski definition) is 1. The van der Waals surface area contributed by atoms with Crippen LogP contribution in [0.2, 0.25) is 0 Å². The third-order valence-electron chi connectivity index (χ3n) is 3.02. The van der Waals surface area contributed by atoms with E-state index in [0.717, 1.165) is 18.3 Å². The summed E-state index contributed by atoms with van der Waals surface area (Å²) in [6.45, 7) is 5.16. The highest BCUT2D eigenvalue weighted by Crippen LogP contribution is 2.28. The zero-order chi connectivity index (χ0) is 8.97. The first kappa shape index (κ1) is 10.0. The lowest BCUT2D eigenvalue weighted by Gasteiger charge is -2.41. The van der Waals surface area contributed by atoms with Gasteiger partial charge in [-0.2, -0.15) is 0 Å². The molecular weight excluding hydrogens is 150 g/mol. The van der Waals surface area contributed by atoms with Crippen LogP contribution < -0.4 is 0 Å². The molecule has 72 valence electrons. The van der Waals surface area contributed by atoms with Gasteiger partial charge in [-0.3, -0.25) is 0 Å². The smallest absolute Gasteiger partial charge is 0.0431 e. The molecule has 0 amide bonds. The van der Waals surface area contributed by atoms with Crippen LogP contribution in [0, 0.1) is 11.8 Å². The van der Waals surface area contributed by atoms with Crippen molar-refractivity contribution in [1.29, 1.82) is 0 Å². The molecule has 1 fully saturated rings. The molecule has 0 spiro atoms. The third kappa shape index (κ3) is 2.46. The zero-order valence-electron chi connectivity index (χ0n) is 8.29. The molecule has 2 nitrogen and oxygen atoms in total. The minimum atomic E-state index is 0.360. The van der Waals surface area contributed by atoms with E-state index in [9.17, 15) is 0 Å². The van der Waals surface area contributed by atoms with Gasteiger partial charge < -0.3 is 10.0 Å². The van der Waals surface area contributed by atoms with Crippen molar-refractivity contribution >= 4 is 0 Å². The summed E-state index contributed by atoms with van der Waals surface area (Å²) in [5.74, 6) is 1.76. The molecule has 1 N–H and O–H groups in total. The van der Waals surface area contributed by atoms with E-state index in [1.165, 1.54) is 25.9 Å². The quantitative estimate of drug-likeness (QED) is 0.675. The van der Waals surface area contributed by atoms with Crippen LogP contribution in [-0.2, 0) is 0 Å². The number of nitrogens with zero attached hydrogens (tertiary/aromatic N) is 1. The maximum Gasteiger partial charge on any atom is 0.0431 e. The lowest BCUT2D eigenvalue weighted by Crippen LogP contribution is -2.47. The number of rotatable bonds is 5. The molecule has 1 unspecified atom stereocenters. The van der Waals surface area contributed by atoms with Crippen molar-refractivity contribution in [2.24, 2.45) is 11.8 Å². The lowest BCUT2D eigenvalue weighted by atomic mass is 9.81. The molecule has 1 aliphatic rings. The van der Waals surface area contributed by atoms with Gasteiger partial charge >= 0.3 is 0 Å². The Hall–Kier alpha value is -0.0800. The van der Waals surface area contributed by atoms with Gasteiger partial charge in [0.1, 0.15) is 0 Å². The highest BCUT2D eigenvalue weighted by molar-refractivity contribution is 4.82. The minimum absolute atomic E-state index is 0.360. The first-order valence-corrected chi connectivity index (χ1v) is 5.07. The van der Waals surface area contributed by atoms with Gasteiger partial charge in [0, 0.05) is 19.7 Å². The van der Waals surface area contributed by atoms with Gasteiger partial charge in [0.05, 0.1) is 0 Å². The Balaban J connectivity index is 2.16. The Kier molecular flexibility index (Phi) is 4.02.